The minimum Gasteiger partial charge on any atom is -0.380 e. The van der Waals surface area contributed by atoms with Gasteiger partial charge in [-0.1, -0.05) is 0 Å². The Morgan fingerprint density at radius 3 is 2.79 bits per heavy atom. The summed E-state index contributed by atoms with van der Waals surface area (Å²) in [6.45, 7) is 5.70. The number of nitrogens with zero attached hydrogens (tertiary/aromatic N) is 2. The van der Waals surface area contributed by atoms with Gasteiger partial charge >= 0.3 is 0 Å². The van der Waals surface area contributed by atoms with Crippen LogP contribution in [0.15, 0.2) is 4.99 Å². The molecule has 0 spiro atoms. The summed E-state index contributed by atoms with van der Waals surface area (Å²) >= 11 is 0. The highest BCUT2D eigenvalue weighted by molar-refractivity contribution is 5.78. The van der Waals surface area contributed by atoms with Gasteiger partial charge in [0.2, 0.25) is 0 Å². The molecule has 0 aromatic carbocycles. The van der Waals surface area contributed by atoms with Gasteiger partial charge in [0.25, 0.3) is 0 Å². The van der Waals surface area contributed by atoms with Crippen LogP contribution >= 0.6 is 0 Å². The van der Waals surface area contributed by atoms with Crippen molar-refractivity contribution in [2.75, 3.05) is 40.0 Å². The number of methoxy groups -OCH3 is 1. The highest BCUT2D eigenvalue weighted by Gasteiger charge is 2.12. The van der Waals surface area contributed by atoms with Gasteiger partial charge in [0.15, 0.2) is 5.96 Å². The van der Waals surface area contributed by atoms with Crippen LogP contribution in [0.3, 0.4) is 0 Å². The lowest BCUT2D eigenvalue weighted by molar-refractivity contribution is 0.0671. The predicted molar refractivity (Wildman–Crippen MR) is 55.4 cm³/mol. The zero-order valence-corrected chi connectivity index (χ0v) is 8.90. The number of morpholine rings is 1. The molecule has 1 atom stereocenters. The van der Waals surface area contributed by atoms with Crippen molar-refractivity contribution in [1.29, 1.82) is 0 Å². The van der Waals surface area contributed by atoms with E-state index in [4.69, 9.17) is 15.2 Å². The second kappa shape index (κ2) is 5.82. The maximum atomic E-state index is 5.82. The van der Waals surface area contributed by atoms with Gasteiger partial charge in [-0.25, -0.2) is 0 Å². The molecule has 1 heterocycles. The molecule has 82 valence electrons. The molecule has 1 aliphatic heterocycles. The molecule has 0 unspecified atom stereocenters. The van der Waals surface area contributed by atoms with Crippen molar-refractivity contribution >= 4 is 5.96 Å². The molecule has 5 heteroatoms. The van der Waals surface area contributed by atoms with Crippen LogP contribution in [0.2, 0.25) is 0 Å². The van der Waals surface area contributed by atoms with Crippen LogP contribution < -0.4 is 5.73 Å². The molecule has 1 saturated heterocycles. The maximum Gasteiger partial charge on any atom is 0.191 e. The number of hydrogen-bond acceptors (Lipinski definition) is 3. The fourth-order valence-corrected chi connectivity index (χ4v) is 1.19. The first kappa shape index (κ1) is 11.3. The molecule has 1 fully saturated rings. The minimum absolute atomic E-state index is 0.120. The van der Waals surface area contributed by atoms with Gasteiger partial charge in [-0.05, 0) is 6.92 Å². The van der Waals surface area contributed by atoms with Gasteiger partial charge in [0.1, 0.15) is 0 Å². The smallest absolute Gasteiger partial charge is 0.191 e. The van der Waals surface area contributed by atoms with Gasteiger partial charge in [-0.3, -0.25) is 4.99 Å². The van der Waals surface area contributed by atoms with Crippen molar-refractivity contribution in [2.24, 2.45) is 10.7 Å². The van der Waals surface area contributed by atoms with Crippen molar-refractivity contribution in [3.8, 4) is 0 Å². The van der Waals surface area contributed by atoms with E-state index in [0.717, 1.165) is 26.3 Å². The molecular weight excluding hydrogens is 182 g/mol. The molecule has 0 aromatic heterocycles. The third kappa shape index (κ3) is 3.51. The van der Waals surface area contributed by atoms with Crippen LogP contribution in [-0.2, 0) is 9.47 Å². The molecule has 0 aromatic rings. The molecule has 1 aliphatic rings. The van der Waals surface area contributed by atoms with Gasteiger partial charge in [0, 0.05) is 20.2 Å². The Morgan fingerprint density at radius 1 is 1.57 bits per heavy atom. The van der Waals surface area contributed by atoms with Crippen LogP contribution in [-0.4, -0.2) is 56.9 Å². The molecule has 0 radical (unpaired) electrons. The van der Waals surface area contributed by atoms with E-state index in [2.05, 4.69) is 4.99 Å². The van der Waals surface area contributed by atoms with E-state index in [0.29, 0.717) is 12.5 Å². The minimum atomic E-state index is 0.120. The highest BCUT2D eigenvalue weighted by atomic mass is 16.5. The van der Waals surface area contributed by atoms with E-state index in [-0.39, 0.29) is 6.10 Å². The molecule has 0 saturated carbocycles. The summed E-state index contributed by atoms with van der Waals surface area (Å²) in [5.74, 6) is 0.595. The molecule has 0 amide bonds. The lowest BCUT2D eigenvalue weighted by Gasteiger charge is -2.27. The standard InChI is InChI=1S/C9H19N3O2/c1-8(13-2)7-11-9(10)12-3-5-14-6-4-12/h8H,3-7H2,1-2H3,(H2,10,11)/t8-/m1/s1. The Kier molecular flexibility index (Phi) is 4.69. The van der Waals surface area contributed by atoms with E-state index in [1.807, 2.05) is 11.8 Å². The average molecular weight is 201 g/mol. The SMILES string of the molecule is CO[C@H](C)CN=C(N)N1CCOCC1. The molecule has 5 nitrogen and oxygen atoms in total. The summed E-state index contributed by atoms with van der Waals surface area (Å²) < 4.78 is 10.3. The molecule has 0 bridgehead atoms. The van der Waals surface area contributed by atoms with Crippen LogP contribution in [0, 0.1) is 0 Å². The Balaban J connectivity index is 2.34. The lowest BCUT2D eigenvalue weighted by Crippen LogP contribution is -2.45. The summed E-state index contributed by atoms with van der Waals surface area (Å²) in [5, 5.41) is 0. The van der Waals surface area contributed by atoms with Gasteiger partial charge in [-0.2, -0.15) is 0 Å². The fraction of sp³-hybridized carbons (Fsp3) is 0.889. The number of guanidine groups is 1. The molecule has 1 rings (SSSR count). The van der Waals surface area contributed by atoms with Crippen molar-refractivity contribution in [3.05, 3.63) is 0 Å². The number of aliphatic imine (C=N–C) groups is 1. The number of hydrogen-bond donors (Lipinski definition) is 1. The summed E-state index contributed by atoms with van der Waals surface area (Å²) in [7, 11) is 1.67. The van der Waals surface area contributed by atoms with Crippen LogP contribution in [0.4, 0.5) is 0 Å². The first-order valence-electron chi connectivity index (χ1n) is 4.89. The summed E-state index contributed by atoms with van der Waals surface area (Å²) in [6, 6.07) is 0. The summed E-state index contributed by atoms with van der Waals surface area (Å²) in [6.07, 6.45) is 0.120. The quantitative estimate of drug-likeness (QED) is 0.501. The fourth-order valence-electron chi connectivity index (χ4n) is 1.19. The first-order valence-corrected chi connectivity index (χ1v) is 4.89. The molecule has 0 aliphatic carbocycles. The number of nitrogens with two attached hydrogens (primary N) is 1. The van der Waals surface area contributed by atoms with Crippen LogP contribution in [0.5, 0.6) is 0 Å². The van der Waals surface area contributed by atoms with E-state index in [9.17, 15) is 0 Å². The van der Waals surface area contributed by atoms with Crippen molar-refractivity contribution in [1.82, 2.24) is 4.90 Å². The Morgan fingerprint density at radius 2 is 2.21 bits per heavy atom. The van der Waals surface area contributed by atoms with Crippen LogP contribution in [0.25, 0.3) is 0 Å². The number of rotatable bonds is 3. The Labute approximate surface area is 84.9 Å². The van der Waals surface area contributed by atoms with Crippen molar-refractivity contribution in [2.45, 2.75) is 13.0 Å². The largest absolute Gasteiger partial charge is 0.380 e. The van der Waals surface area contributed by atoms with Gasteiger partial charge in [0.05, 0.1) is 25.9 Å². The van der Waals surface area contributed by atoms with E-state index >= 15 is 0 Å². The van der Waals surface area contributed by atoms with Gasteiger partial charge in [-0.15, -0.1) is 0 Å². The Hall–Kier alpha value is -0.810. The van der Waals surface area contributed by atoms with Crippen LogP contribution in [0.1, 0.15) is 6.92 Å². The first-order chi connectivity index (χ1) is 6.74. The number of ether oxygens (including phenoxy) is 2. The third-order valence-electron chi connectivity index (χ3n) is 2.25. The molecule has 2 N–H and O–H groups in total. The van der Waals surface area contributed by atoms with E-state index < -0.39 is 0 Å². The second-order valence-corrected chi connectivity index (χ2v) is 3.34. The predicted octanol–water partition coefficient (Wildman–Crippen LogP) is -0.332. The topological polar surface area (TPSA) is 60.1 Å². The van der Waals surface area contributed by atoms with E-state index in [1.54, 1.807) is 7.11 Å². The maximum absolute atomic E-state index is 5.82. The highest BCUT2D eigenvalue weighted by Crippen LogP contribution is 1.97. The Bertz CT molecular complexity index is 190. The molecular formula is C9H19N3O2. The summed E-state index contributed by atoms with van der Waals surface area (Å²) in [4.78, 5) is 6.29. The second-order valence-electron chi connectivity index (χ2n) is 3.34. The lowest BCUT2D eigenvalue weighted by atomic mass is 10.4. The third-order valence-corrected chi connectivity index (χ3v) is 2.25. The van der Waals surface area contributed by atoms with Gasteiger partial charge < -0.3 is 20.1 Å². The normalized spacial score (nSPS) is 21.0. The monoisotopic (exact) mass is 201 g/mol. The zero-order chi connectivity index (χ0) is 10.4. The van der Waals surface area contributed by atoms with Crippen molar-refractivity contribution in [3.63, 3.8) is 0 Å². The van der Waals surface area contributed by atoms with Crippen molar-refractivity contribution < 1.29 is 9.47 Å². The van der Waals surface area contributed by atoms with E-state index in [1.165, 1.54) is 0 Å². The zero-order valence-electron chi connectivity index (χ0n) is 8.90. The molecule has 14 heavy (non-hydrogen) atoms. The summed E-state index contributed by atoms with van der Waals surface area (Å²) in [5.41, 5.74) is 5.82. The average Bonchev–Trinajstić information content (AvgIpc) is 2.26.